The second kappa shape index (κ2) is 22.0. The lowest BCUT2D eigenvalue weighted by Gasteiger charge is -2.37. The third-order valence-corrected chi connectivity index (χ3v) is 15.8. The number of aliphatic hydroxyl groups is 7. The average molecular weight is 895 g/mol. The lowest BCUT2D eigenvalue weighted by atomic mass is 9.66. The van der Waals surface area contributed by atoms with Crippen molar-refractivity contribution < 1.29 is 40.1 Å². The number of ether oxygens (including phenoxy) is 2. The van der Waals surface area contributed by atoms with Gasteiger partial charge >= 0.3 is 0 Å². The summed E-state index contributed by atoms with van der Waals surface area (Å²) in [5.74, 6) is 3.18. The van der Waals surface area contributed by atoms with Gasteiger partial charge in [0.05, 0.1) is 30.8 Å². The van der Waals surface area contributed by atoms with Crippen LogP contribution in [0.25, 0.3) is 6.08 Å². The van der Waals surface area contributed by atoms with Crippen molar-refractivity contribution in [1.29, 1.82) is 0 Å². The van der Waals surface area contributed by atoms with Crippen LogP contribution in [0.2, 0.25) is 0 Å². The first kappa shape index (κ1) is 47.8. The molecule has 4 aliphatic carbocycles. The van der Waals surface area contributed by atoms with Crippen LogP contribution in [0.1, 0.15) is 138 Å². The van der Waals surface area contributed by atoms with Crippen molar-refractivity contribution in [3.05, 3.63) is 100 Å². The summed E-state index contributed by atoms with van der Waals surface area (Å²) in [4.78, 5) is 5.14. The van der Waals surface area contributed by atoms with Crippen LogP contribution in [0, 0.1) is 41.1 Å². The minimum absolute atomic E-state index is 0.00715. The van der Waals surface area contributed by atoms with E-state index < -0.39 is 18.3 Å². The van der Waals surface area contributed by atoms with Crippen molar-refractivity contribution in [1.82, 2.24) is 5.32 Å². The molecule has 354 valence electrons. The van der Waals surface area contributed by atoms with Gasteiger partial charge in [-0.2, -0.15) is 0 Å². The van der Waals surface area contributed by atoms with Crippen molar-refractivity contribution in [2.45, 2.75) is 153 Å². The summed E-state index contributed by atoms with van der Waals surface area (Å²) in [6.07, 6.45) is 25.2. The molecule has 2 aliphatic heterocycles. The summed E-state index contributed by atoms with van der Waals surface area (Å²) in [5, 5.41) is 66.4. The number of nitrogens with one attached hydrogen (secondary N) is 1. The smallest absolute Gasteiger partial charge is 0.208 e. The van der Waals surface area contributed by atoms with Crippen LogP contribution >= 0.6 is 0 Å². The Balaban J connectivity index is 0.772. The minimum atomic E-state index is -0.944. The summed E-state index contributed by atoms with van der Waals surface area (Å²) in [7, 11) is 0. The zero-order valence-corrected chi connectivity index (χ0v) is 38.6. The number of phenolic OH excluding ortho intramolecular Hbond substituents is 1. The molecule has 2 aromatic rings. The highest BCUT2D eigenvalue weighted by Crippen LogP contribution is 2.61. The van der Waals surface area contributed by atoms with E-state index in [0.717, 1.165) is 97.6 Å². The fourth-order valence-corrected chi connectivity index (χ4v) is 12.4. The molecule has 0 radical (unpaired) electrons. The predicted molar refractivity (Wildman–Crippen MR) is 256 cm³/mol. The first-order chi connectivity index (χ1) is 31.5. The van der Waals surface area contributed by atoms with Gasteiger partial charge in [-0.1, -0.05) is 68.9 Å². The third kappa shape index (κ3) is 11.4. The van der Waals surface area contributed by atoms with E-state index in [2.05, 4.69) is 17.5 Å². The standard InChI is InChI=1S/C54H75N3O8/c1-34(60)29-56-30-45-43-10-8-11-46(43)54(21-6-7-22-54)28-48-44(45)27-47(57-48)50(62)33-64-52-24-35(15-20-49(52)61)13-18-41-26-39(32-59)51(65-41)12-5-3-2-4-9-40(55)25-38-17-16-37-23-36(31-58)14-19-42(37)53(38)63/h14-17,19-20,23-24,26-27,34,38,40,43,45-46,50-51,53,56,58-60,62-63,65H,2-13,18,21-22,25,28-33,55H2,1H3/p+1. The fourth-order valence-electron chi connectivity index (χ4n) is 12.4. The lowest BCUT2D eigenvalue weighted by Crippen LogP contribution is -2.38. The maximum absolute atomic E-state index is 11.5. The van der Waals surface area contributed by atoms with Crippen molar-refractivity contribution in [3.63, 3.8) is 0 Å². The van der Waals surface area contributed by atoms with E-state index in [4.69, 9.17) is 20.2 Å². The molecule has 11 heteroatoms. The Morgan fingerprint density at radius 3 is 2.63 bits per heavy atom. The quantitative estimate of drug-likeness (QED) is 0.0342. The van der Waals surface area contributed by atoms with Crippen LogP contribution < -0.4 is 15.8 Å². The van der Waals surface area contributed by atoms with Crippen LogP contribution in [-0.2, 0) is 13.0 Å². The van der Waals surface area contributed by atoms with Gasteiger partial charge in [0.2, 0.25) is 5.70 Å². The summed E-state index contributed by atoms with van der Waals surface area (Å²) >= 11 is 0. The second-order valence-corrected chi connectivity index (χ2v) is 20.4. The highest BCUT2D eigenvalue weighted by molar-refractivity contribution is 6.03. The SMILES string of the molecule is CC(O)CNCC1[C+]2C=C(C(O)COc3cc(CC[C-]4C=C(CO)C(CCCCCCC(N)CC5C=Cc6cc(CO)ccc6C5O)[OH+]4)ccc3O)N=C2CC2(CCCC2)C2CCCC12. The molecule has 11 nitrogen and oxygen atoms in total. The maximum atomic E-state index is 11.5. The topological polar surface area (TPSA) is 194 Å². The fraction of sp³-hybridized carbons (Fsp3) is 0.611. The molecule has 2 aromatic carbocycles. The molecule has 1 spiro atoms. The van der Waals surface area contributed by atoms with Crippen LogP contribution in [0.5, 0.6) is 11.5 Å². The van der Waals surface area contributed by atoms with Gasteiger partial charge in [0, 0.05) is 44.5 Å². The van der Waals surface area contributed by atoms with E-state index in [-0.39, 0.29) is 43.6 Å². The number of phenols is 1. The van der Waals surface area contributed by atoms with Gasteiger partial charge < -0.3 is 51.2 Å². The molecule has 3 fully saturated rings. The zero-order chi connectivity index (χ0) is 45.5. The maximum Gasteiger partial charge on any atom is 0.208 e. The van der Waals surface area contributed by atoms with Gasteiger partial charge in [-0.25, -0.2) is 0 Å². The number of hydrogen-bond acceptors (Lipinski definition) is 10. The van der Waals surface area contributed by atoms with Crippen molar-refractivity contribution in [3.8, 4) is 11.5 Å². The number of unbranched alkanes of at least 4 members (excludes halogenated alkanes) is 3. The Bertz CT molecular complexity index is 2020. The average Bonchev–Trinajstić information content (AvgIpc) is 4.13. The number of benzene rings is 2. The van der Waals surface area contributed by atoms with Gasteiger partial charge in [-0.3, -0.25) is 0 Å². The highest BCUT2D eigenvalue weighted by Gasteiger charge is 2.58. The molecule has 0 bridgehead atoms. The number of nitrogens with two attached hydrogens (primary N) is 1. The van der Waals surface area contributed by atoms with Crippen LogP contribution in [-0.4, -0.2) is 91.7 Å². The zero-order valence-electron chi connectivity index (χ0n) is 38.6. The summed E-state index contributed by atoms with van der Waals surface area (Å²) in [5.41, 5.74) is 13.2. The molecule has 2 heterocycles. The van der Waals surface area contributed by atoms with E-state index in [0.29, 0.717) is 54.0 Å². The normalized spacial score (nSPS) is 26.9. The summed E-state index contributed by atoms with van der Waals surface area (Å²) < 4.78 is 11.1. The van der Waals surface area contributed by atoms with E-state index in [1.165, 1.54) is 50.9 Å². The Morgan fingerprint density at radius 1 is 1.02 bits per heavy atom. The highest BCUT2D eigenvalue weighted by atomic mass is 16.5. The molecule has 0 aromatic heterocycles. The summed E-state index contributed by atoms with van der Waals surface area (Å²) in [6, 6.07) is 11.1. The Morgan fingerprint density at radius 2 is 1.83 bits per heavy atom. The number of fused-ring (bicyclic) bond motifs is 4. The molecule has 6 aliphatic rings. The first-order valence-corrected chi connectivity index (χ1v) is 25.0. The van der Waals surface area contributed by atoms with E-state index in [9.17, 15) is 30.6 Å². The van der Waals surface area contributed by atoms with E-state index in [1.807, 2.05) is 49.4 Å². The van der Waals surface area contributed by atoms with Crippen LogP contribution in [0.4, 0.5) is 0 Å². The van der Waals surface area contributed by atoms with E-state index >= 15 is 0 Å². The molecule has 9 unspecified atom stereocenters. The molecule has 10 N–H and O–H groups in total. The monoisotopic (exact) mass is 895 g/mol. The molecule has 8 rings (SSSR count). The number of aryl methyl sites for hydroxylation is 1. The number of allylic oxidation sites excluding steroid dienone is 1. The molecule has 3 saturated carbocycles. The van der Waals surface area contributed by atoms with Gasteiger partial charge in [-0.15, -0.1) is 16.6 Å². The molecule has 65 heavy (non-hydrogen) atoms. The van der Waals surface area contributed by atoms with E-state index in [1.54, 1.807) is 6.07 Å². The minimum Gasteiger partial charge on any atom is -0.504 e. The molecule has 0 amide bonds. The third-order valence-electron chi connectivity index (χ3n) is 15.8. The summed E-state index contributed by atoms with van der Waals surface area (Å²) in [6.45, 7) is 3.13. The molecule has 9 atom stereocenters. The number of aromatic hydroxyl groups is 1. The Kier molecular flexibility index (Phi) is 16.2. The van der Waals surface area contributed by atoms with Crippen molar-refractivity contribution >= 4 is 11.8 Å². The second-order valence-electron chi connectivity index (χ2n) is 20.4. The Hall–Kier alpha value is -3.65. The number of aliphatic hydroxyl groups excluding tert-OH is 5. The van der Waals surface area contributed by atoms with Crippen LogP contribution in [0.3, 0.4) is 0 Å². The van der Waals surface area contributed by atoms with Crippen LogP contribution in [0.15, 0.2) is 70.9 Å². The molecular weight excluding hydrogens is 819 g/mol. The Labute approximate surface area is 386 Å². The van der Waals surface area contributed by atoms with Gasteiger partial charge in [0.15, 0.2) is 17.6 Å². The van der Waals surface area contributed by atoms with Crippen molar-refractivity contribution in [2.75, 3.05) is 26.3 Å². The van der Waals surface area contributed by atoms with Crippen molar-refractivity contribution in [2.24, 2.45) is 39.8 Å². The first-order valence-electron chi connectivity index (χ1n) is 25.0. The van der Waals surface area contributed by atoms with Gasteiger partial charge in [0.25, 0.3) is 0 Å². The largest absolute Gasteiger partial charge is 0.504 e. The van der Waals surface area contributed by atoms with Gasteiger partial charge in [0.1, 0.15) is 30.4 Å². The number of hydrogen-bond donors (Lipinski definition) is 8. The number of aliphatic imine (C=N–C) groups is 1. The number of nitrogens with zero attached hydrogens (tertiary/aromatic N) is 1. The molecular formula is C54H76N3O8+. The predicted octanol–water partition coefficient (Wildman–Crippen LogP) is 7.23. The number of rotatable bonds is 22. The lowest BCUT2D eigenvalue weighted by molar-refractivity contribution is -0.0552. The molecule has 0 saturated heterocycles. The van der Waals surface area contributed by atoms with Gasteiger partial charge in [-0.05, 0) is 122 Å².